The van der Waals surface area contributed by atoms with E-state index >= 15 is 0 Å². The summed E-state index contributed by atoms with van der Waals surface area (Å²) in [5, 5.41) is 3.03. The molecule has 0 saturated carbocycles. The van der Waals surface area contributed by atoms with E-state index in [4.69, 9.17) is 17.3 Å². The van der Waals surface area contributed by atoms with Crippen molar-refractivity contribution in [2.24, 2.45) is 0 Å². The number of pyridine rings is 1. The summed E-state index contributed by atoms with van der Waals surface area (Å²) in [6.45, 7) is 1.91. The molecule has 2 rings (SSSR count). The predicted octanol–water partition coefficient (Wildman–Crippen LogP) is 3.64. The quantitative estimate of drug-likeness (QED) is 0.820. The van der Waals surface area contributed by atoms with Crippen LogP contribution in [0.25, 0.3) is 0 Å². The van der Waals surface area contributed by atoms with Gasteiger partial charge in [0.15, 0.2) is 0 Å². The topological polar surface area (TPSA) is 68.0 Å². The molecule has 0 aliphatic heterocycles. The van der Waals surface area contributed by atoms with Gasteiger partial charge in [-0.2, -0.15) is 0 Å². The maximum Gasteiger partial charge on any atom is 0.257 e. The minimum Gasteiger partial charge on any atom is -0.397 e. The molecule has 0 atom stereocenters. The molecular formula is C13H11BrClN3O. The van der Waals surface area contributed by atoms with Crippen molar-refractivity contribution in [2.45, 2.75) is 6.92 Å². The van der Waals surface area contributed by atoms with E-state index in [2.05, 4.69) is 26.2 Å². The van der Waals surface area contributed by atoms with Gasteiger partial charge < -0.3 is 11.1 Å². The fourth-order valence-corrected chi connectivity index (χ4v) is 2.07. The number of hydrogen-bond donors (Lipinski definition) is 2. The van der Waals surface area contributed by atoms with Gasteiger partial charge in [-0.25, -0.2) is 4.98 Å². The van der Waals surface area contributed by atoms with Crippen LogP contribution in [0.1, 0.15) is 15.9 Å². The summed E-state index contributed by atoms with van der Waals surface area (Å²) < 4.78 is 0.883. The van der Waals surface area contributed by atoms with Gasteiger partial charge in [-0.15, -0.1) is 0 Å². The first-order valence-corrected chi connectivity index (χ1v) is 6.63. The summed E-state index contributed by atoms with van der Waals surface area (Å²) in [4.78, 5) is 16.0. The molecular weight excluding hydrogens is 330 g/mol. The first-order valence-electron chi connectivity index (χ1n) is 5.46. The largest absolute Gasteiger partial charge is 0.397 e. The van der Waals surface area contributed by atoms with Crippen LogP contribution < -0.4 is 11.1 Å². The van der Waals surface area contributed by atoms with Crippen LogP contribution in [0, 0.1) is 6.92 Å². The van der Waals surface area contributed by atoms with Gasteiger partial charge in [-0.1, -0.05) is 33.6 Å². The van der Waals surface area contributed by atoms with Crippen LogP contribution in [0.3, 0.4) is 0 Å². The van der Waals surface area contributed by atoms with Crippen LogP contribution in [-0.4, -0.2) is 10.9 Å². The van der Waals surface area contributed by atoms with Crippen LogP contribution in [0.15, 0.2) is 34.9 Å². The van der Waals surface area contributed by atoms with Crippen molar-refractivity contribution in [3.8, 4) is 0 Å². The van der Waals surface area contributed by atoms with Crippen LogP contribution in [0.4, 0.5) is 11.4 Å². The Hall–Kier alpha value is -1.59. The molecule has 98 valence electrons. The van der Waals surface area contributed by atoms with Crippen molar-refractivity contribution in [1.29, 1.82) is 0 Å². The van der Waals surface area contributed by atoms with E-state index in [1.54, 1.807) is 0 Å². The average molecular weight is 341 g/mol. The number of aryl methyl sites for hydroxylation is 1. The SMILES string of the molecule is Cc1ccc(Br)cc1NC(=O)c1cc(Cl)ncc1N. The number of carbonyl (C=O) groups is 1. The average Bonchev–Trinajstić information content (AvgIpc) is 2.36. The number of halogens is 2. The Balaban J connectivity index is 2.30. The lowest BCUT2D eigenvalue weighted by Crippen LogP contribution is -2.15. The number of nitrogens with one attached hydrogen (secondary N) is 1. The molecule has 0 spiro atoms. The van der Waals surface area contributed by atoms with Crippen molar-refractivity contribution < 1.29 is 4.79 Å². The molecule has 6 heteroatoms. The van der Waals surface area contributed by atoms with Gasteiger partial charge >= 0.3 is 0 Å². The van der Waals surface area contributed by atoms with E-state index in [1.165, 1.54) is 12.3 Å². The zero-order chi connectivity index (χ0) is 14.0. The van der Waals surface area contributed by atoms with Crippen LogP contribution in [-0.2, 0) is 0 Å². The fraction of sp³-hybridized carbons (Fsp3) is 0.0769. The molecule has 0 fully saturated rings. The third kappa shape index (κ3) is 3.24. The zero-order valence-corrected chi connectivity index (χ0v) is 12.4. The molecule has 2 aromatic rings. The number of rotatable bonds is 2. The summed E-state index contributed by atoms with van der Waals surface area (Å²) in [6.07, 6.45) is 1.37. The van der Waals surface area contributed by atoms with E-state index in [9.17, 15) is 4.79 Å². The second kappa shape index (κ2) is 5.59. The van der Waals surface area contributed by atoms with E-state index in [0.717, 1.165) is 10.0 Å². The Morgan fingerprint density at radius 1 is 1.42 bits per heavy atom. The van der Waals surface area contributed by atoms with Gasteiger partial charge in [0.1, 0.15) is 5.15 Å². The summed E-state index contributed by atoms with van der Waals surface area (Å²) in [5.74, 6) is -0.317. The number of benzene rings is 1. The second-order valence-corrected chi connectivity index (χ2v) is 5.31. The van der Waals surface area contributed by atoms with Crippen LogP contribution in [0.2, 0.25) is 5.15 Å². The Morgan fingerprint density at radius 3 is 2.89 bits per heavy atom. The smallest absolute Gasteiger partial charge is 0.257 e. The molecule has 1 aromatic carbocycles. The van der Waals surface area contributed by atoms with Crippen molar-refractivity contribution >= 4 is 44.8 Å². The number of nitrogens with zero attached hydrogens (tertiary/aromatic N) is 1. The maximum atomic E-state index is 12.2. The summed E-state index contributed by atoms with van der Waals surface area (Å²) in [6, 6.07) is 7.08. The maximum absolute atomic E-state index is 12.2. The normalized spacial score (nSPS) is 10.3. The minimum absolute atomic E-state index is 0.227. The van der Waals surface area contributed by atoms with E-state index in [-0.39, 0.29) is 16.7 Å². The highest BCUT2D eigenvalue weighted by molar-refractivity contribution is 9.10. The Bertz CT molecular complexity index is 646. The Morgan fingerprint density at radius 2 is 2.16 bits per heavy atom. The summed E-state index contributed by atoms with van der Waals surface area (Å²) in [5.41, 5.74) is 7.98. The van der Waals surface area contributed by atoms with Crippen molar-refractivity contribution in [3.63, 3.8) is 0 Å². The molecule has 3 N–H and O–H groups in total. The number of carbonyl (C=O) groups excluding carboxylic acids is 1. The van der Waals surface area contributed by atoms with Gasteiger partial charge in [0, 0.05) is 10.2 Å². The molecule has 0 unspecified atom stereocenters. The Labute approximate surface area is 124 Å². The van der Waals surface area contributed by atoms with E-state index < -0.39 is 0 Å². The van der Waals surface area contributed by atoms with E-state index in [1.807, 2.05) is 25.1 Å². The van der Waals surface area contributed by atoms with Crippen LogP contribution >= 0.6 is 27.5 Å². The van der Waals surface area contributed by atoms with Gasteiger partial charge in [-0.05, 0) is 30.7 Å². The van der Waals surface area contributed by atoms with Gasteiger partial charge in [-0.3, -0.25) is 4.79 Å². The minimum atomic E-state index is -0.317. The molecule has 0 bridgehead atoms. The zero-order valence-electron chi connectivity index (χ0n) is 10.1. The highest BCUT2D eigenvalue weighted by Gasteiger charge is 2.12. The first-order chi connectivity index (χ1) is 8.97. The molecule has 0 aliphatic carbocycles. The van der Waals surface area contributed by atoms with Gasteiger partial charge in [0.2, 0.25) is 0 Å². The number of nitrogen functional groups attached to an aromatic ring is 1. The number of aromatic nitrogens is 1. The van der Waals surface area contributed by atoms with Gasteiger partial charge in [0.25, 0.3) is 5.91 Å². The number of anilines is 2. The van der Waals surface area contributed by atoms with Gasteiger partial charge in [0.05, 0.1) is 17.4 Å². The first kappa shape index (κ1) is 13.8. The molecule has 1 aromatic heterocycles. The molecule has 19 heavy (non-hydrogen) atoms. The lowest BCUT2D eigenvalue weighted by atomic mass is 10.1. The van der Waals surface area contributed by atoms with Crippen molar-refractivity contribution in [1.82, 2.24) is 4.98 Å². The van der Waals surface area contributed by atoms with Crippen molar-refractivity contribution in [2.75, 3.05) is 11.1 Å². The predicted molar refractivity (Wildman–Crippen MR) is 80.5 cm³/mol. The molecule has 0 aliphatic rings. The Kier molecular flexibility index (Phi) is 4.07. The number of nitrogens with two attached hydrogens (primary N) is 1. The summed E-state index contributed by atoms with van der Waals surface area (Å²) >= 11 is 9.13. The monoisotopic (exact) mass is 339 g/mol. The third-order valence-electron chi connectivity index (χ3n) is 2.59. The summed E-state index contributed by atoms with van der Waals surface area (Å²) in [7, 11) is 0. The third-order valence-corrected chi connectivity index (χ3v) is 3.29. The van der Waals surface area contributed by atoms with Crippen LogP contribution in [0.5, 0.6) is 0 Å². The standard InChI is InChI=1S/C13H11BrClN3O/c1-7-2-3-8(14)4-11(7)18-13(19)9-5-12(15)17-6-10(9)16/h2-6H,16H2,1H3,(H,18,19). The van der Waals surface area contributed by atoms with E-state index in [0.29, 0.717) is 11.3 Å². The fourth-order valence-electron chi connectivity index (χ4n) is 1.56. The highest BCUT2D eigenvalue weighted by Crippen LogP contribution is 2.22. The highest BCUT2D eigenvalue weighted by atomic mass is 79.9. The molecule has 4 nitrogen and oxygen atoms in total. The molecule has 0 radical (unpaired) electrons. The second-order valence-electron chi connectivity index (χ2n) is 4.01. The lowest BCUT2D eigenvalue weighted by Gasteiger charge is -2.10. The molecule has 1 amide bonds. The number of hydrogen-bond acceptors (Lipinski definition) is 3. The molecule has 1 heterocycles. The van der Waals surface area contributed by atoms with Crippen molar-refractivity contribution in [3.05, 3.63) is 51.2 Å². The number of amides is 1. The lowest BCUT2D eigenvalue weighted by molar-refractivity contribution is 0.102. The molecule has 0 saturated heterocycles.